The summed E-state index contributed by atoms with van der Waals surface area (Å²) in [6.45, 7) is 15.3. The van der Waals surface area contributed by atoms with Crippen molar-refractivity contribution in [1.29, 1.82) is 0 Å². The van der Waals surface area contributed by atoms with Gasteiger partial charge in [-0.15, -0.1) is 11.8 Å². The van der Waals surface area contributed by atoms with Crippen molar-refractivity contribution in [3.05, 3.63) is 46.6 Å². The quantitative estimate of drug-likeness (QED) is 0.564. The van der Waals surface area contributed by atoms with Crippen molar-refractivity contribution in [2.45, 2.75) is 83.6 Å². The number of nitrogens with zero attached hydrogens (tertiary/aromatic N) is 1. The number of aromatic hydroxyl groups is 1. The van der Waals surface area contributed by atoms with Gasteiger partial charge in [-0.3, -0.25) is 0 Å². The first-order valence-corrected chi connectivity index (χ1v) is 11.1. The molecule has 0 radical (unpaired) electrons. The van der Waals surface area contributed by atoms with E-state index in [1.807, 2.05) is 11.8 Å². The molecule has 1 N–H and O–H groups in total. The van der Waals surface area contributed by atoms with Crippen LogP contribution in [0.3, 0.4) is 0 Å². The molecular weight excluding hydrogens is 350 g/mol. The number of aryl methyl sites for hydroxylation is 3. The predicted octanol–water partition coefficient (Wildman–Crippen LogP) is 6.61. The van der Waals surface area contributed by atoms with Crippen LogP contribution in [0.15, 0.2) is 29.4 Å². The molecule has 150 valence electrons. The zero-order valence-electron chi connectivity index (χ0n) is 18.4. The predicted molar refractivity (Wildman–Crippen MR) is 119 cm³/mol. The summed E-state index contributed by atoms with van der Waals surface area (Å²) in [6.07, 6.45) is 5.51. The van der Waals surface area contributed by atoms with Crippen molar-refractivity contribution in [1.82, 2.24) is 4.57 Å². The lowest BCUT2D eigenvalue weighted by Crippen LogP contribution is -2.18. The van der Waals surface area contributed by atoms with Crippen molar-refractivity contribution < 1.29 is 5.11 Å². The molecule has 0 aliphatic heterocycles. The van der Waals surface area contributed by atoms with E-state index in [9.17, 15) is 5.11 Å². The van der Waals surface area contributed by atoms with Crippen LogP contribution in [0, 0.1) is 0 Å². The Morgan fingerprint density at radius 1 is 0.889 bits per heavy atom. The van der Waals surface area contributed by atoms with Crippen molar-refractivity contribution >= 4 is 11.8 Å². The van der Waals surface area contributed by atoms with Crippen LogP contribution in [-0.2, 0) is 30.7 Å². The van der Waals surface area contributed by atoms with Gasteiger partial charge in [-0.2, -0.15) is 0 Å². The van der Waals surface area contributed by atoms with E-state index >= 15 is 0 Å². The summed E-state index contributed by atoms with van der Waals surface area (Å²) < 4.78 is 2.24. The van der Waals surface area contributed by atoms with Crippen LogP contribution in [0.2, 0.25) is 0 Å². The van der Waals surface area contributed by atoms with E-state index in [1.54, 1.807) is 0 Å². The van der Waals surface area contributed by atoms with Gasteiger partial charge in [0.15, 0.2) is 0 Å². The number of hydrogen-bond donors (Lipinski definition) is 1. The van der Waals surface area contributed by atoms with Crippen LogP contribution in [0.1, 0.15) is 77.1 Å². The number of aromatic nitrogens is 1. The summed E-state index contributed by atoms with van der Waals surface area (Å²) in [6, 6.07) is 6.76. The Balaban J connectivity index is 2.20. The molecule has 0 aliphatic carbocycles. The molecule has 0 spiro atoms. The molecule has 2 rings (SSSR count). The zero-order chi connectivity index (χ0) is 20.4. The molecule has 0 atom stereocenters. The van der Waals surface area contributed by atoms with Gasteiger partial charge < -0.3 is 9.67 Å². The third-order valence-electron chi connectivity index (χ3n) is 5.02. The van der Waals surface area contributed by atoms with Gasteiger partial charge in [0, 0.05) is 13.2 Å². The highest BCUT2D eigenvalue weighted by molar-refractivity contribution is 7.99. The summed E-state index contributed by atoms with van der Waals surface area (Å²) in [7, 11) is 2.13. The number of rotatable bonds is 6. The van der Waals surface area contributed by atoms with Crippen LogP contribution < -0.4 is 0 Å². The Morgan fingerprint density at radius 3 is 1.89 bits per heavy atom. The monoisotopic (exact) mass is 387 g/mol. The van der Waals surface area contributed by atoms with Crippen LogP contribution in [-0.4, -0.2) is 15.4 Å². The van der Waals surface area contributed by atoms with E-state index in [0.29, 0.717) is 5.75 Å². The van der Waals surface area contributed by atoms with E-state index in [4.69, 9.17) is 0 Å². The molecule has 0 saturated heterocycles. The Kier molecular flexibility index (Phi) is 6.78. The molecular formula is C24H37NOS. The van der Waals surface area contributed by atoms with Crippen molar-refractivity contribution in [2.75, 3.05) is 5.75 Å². The molecule has 1 aromatic heterocycles. The minimum Gasteiger partial charge on any atom is -0.507 e. The second kappa shape index (κ2) is 8.34. The Hall–Kier alpha value is -1.35. The van der Waals surface area contributed by atoms with Gasteiger partial charge in [0.25, 0.3) is 0 Å². The smallest absolute Gasteiger partial charge is 0.123 e. The summed E-state index contributed by atoms with van der Waals surface area (Å²) in [5, 5.41) is 12.2. The van der Waals surface area contributed by atoms with Gasteiger partial charge in [-0.25, -0.2) is 0 Å². The molecule has 1 aromatic carbocycles. The van der Waals surface area contributed by atoms with E-state index in [0.717, 1.165) is 36.1 Å². The molecule has 2 aromatic rings. The van der Waals surface area contributed by atoms with Gasteiger partial charge in [0.05, 0.1) is 5.03 Å². The van der Waals surface area contributed by atoms with E-state index in [1.165, 1.54) is 16.2 Å². The Morgan fingerprint density at radius 2 is 1.41 bits per heavy atom. The topological polar surface area (TPSA) is 25.2 Å². The lowest BCUT2D eigenvalue weighted by atomic mass is 9.78. The summed E-state index contributed by atoms with van der Waals surface area (Å²) in [5.41, 5.74) is 4.75. The molecule has 0 fully saturated rings. The summed E-state index contributed by atoms with van der Waals surface area (Å²) in [5.74, 6) is 1.58. The number of phenols is 1. The molecule has 2 nitrogen and oxygen atoms in total. The fourth-order valence-corrected chi connectivity index (χ4v) is 4.30. The first-order valence-electron chi connectivity index (χ1n) is 10.1. The largest absolute Gasteiger partial charge is 0.507 e. The van der Waals surface area contributed by atoms with Crippen molar-refractivity contribution in [3.8, 4) is 5.75 Å². The van der Waals surface area contributed by atoms with Crippen LogP contribution in [0.5, 0.6) is 5.75 Å². The maximum Gasteiger partial charge on any atom is 0.123 e. The van der Waals surface area contributed by atoms with Crippen LogP contribution in [0.25, 0.3) is 0 Å². The maximum absolute atomic E-state index is 10.9. The third-order valence-corrected chi connectivity index (χ3v) is 6.02. The average Bonchev–Trinajstić information content (AvgIpc) is 2.87. The first kappa shape index (κ1) is 21.9. The van der Waals surface area contributed by atoms with Crippen molar-refractivity contribution in [3.63, 3.8) is 0 Å². The molecule has 27 heavy (non-hydrogen) atoms. The van der Waals surface area contributed by atoms with E-state index in [2.05, 4.69) is 84.5 Å². The number of benzene rings is 1. The second-order valence-electron chi connectivity index (χ2n) is 9.62. The fraction of sp³-hybridized carbons (Fsp3) is 0.583. The standard InChI is InChI=1S/C24H37NOS/c1-9-27-21-15-18(16-25(21)8)12-10-11-17-13-19(23(2,3)4)22(26)20(14-17)24(5,6)7/h13-16,26H,9-12H2,1-8H3. The SMILES string of the molecule is CCSc1cc(CCCc2cc(C(C)(C)C)c(O)c(C(C)(C)C)c2)cn1C. The Labute approximate surface area is 170 Å². The van der Waals surface area contributed by atoms with Gasteiger partial charge in [0.2, 0.25) is 0 Å². The number of phenolic OH excluding ortho intramolecular Hbond substituents is 1. The molecule has 0 amide bonds. The highest BCUT2D eigenvalue weighted by atomic mass is 32.2. The van der Waals surface area contributed by atoms with Crippen molar-refractivity contribution in [2.24, 2.45) is 7.05 Å². The third kappa shape index (κ3) is 5.57. The normalized spacial score (nSPS) is 12.6. The number of thioether (sulfide) groups is 1. The molecule has 0 bridgehead atoms. The van der Waals surface area contributed by atoms with Gasteiger partial charge in [0.1, 0.15) is 5.75 Å². The van der Waals surface area contributed by atoms with Gasteiger partial charge in [-0.05, 0) is 64.2 Å². The highest BCUT2D eigenvalue weighted by Crippen LogP contribution is 2.40. The van der Waals surface area contributed by atoms with Crippen LogP contribution >= 0.6 is 11.8 Å². The van der Waals surface area contributed by atoms with Gasteiger partial charge in [-0.1, -0.05) is 60.6 Å². The lowest BCUT2D eigenvalue weighted by Gasteiger charge is -2.28. The average molecular weight is 388 g/mol. The lowest BCUT2D eigenvalue weighted by molar-refractivity contribution is 0.422. The molecule has 0 unspecified atom stereocenters. The highest BCUT2D eigenvalue weighted by Gasteiger charge is 2.26. The second-order valence-corrected chi connectivity index (χ2v) is 10.9. The minimum absolute atomic E-state index is 0.0637. The summed E-state index contributed by atoms with van der Waals surface area (Å²) >= 11 is 1.90. The zero-order valence-corrected chi connectivity index (χ0v) is 19.3. The Bertz CT molecular complexity index is 740. The molecule has 0 aliphatic rings. The van der Waals surface area contributed by atoms with E-state index in [-0.39, 0.29) is 10.8 Å². The summed E-state index contributed by atoms with van der Waals surface area (Å²) in [4.78, 5) is 0. The maximum atomic E-state index is 10.9. The first-order chi connectivity index (χ1) is 12.4. The fourth-order valence-electron chi connectivity index (χ4n) is 3.52. The minimum atomic E-state index is -0.0637. The van der Waals surface area contributed by atoms with Crippen LogP contribution in [0.4, 0.5) is 0 Å². The number of hydrogen-bond acceptors (Lipinski definition) is 2. The molecule has 1 heterocycles. The molecule has 0 saturated carbocycles. The van der Waals surface area contributed by atoms with Gasteiger partial charge >= 0.3 is 0 Å². The molecule has 3 heteroatoms. The van der Waals surface area contributed by atoms with E-state index < -0.39 is 0 Å².